The molecule has 150 valence electrons. The zero-order chi connectivity index (χ0) is 19.9. The van der Waals surface area contributed by atoms with Crippen molar-refractivity contribution < 1.29 is 14.3 Å². The van der Waals surface area contributed by atoms with Gasteiger partial charge in [-0.2, -0.15) is 0 Å². The number of rotatable bonds is 9. The molecule has 5 heteroatoms. The summed E-state index contributed by atoms with van der Waals surface area (Å²) in [4.78, 5) is 14.9. The minimum absolute atomic E-state index is 0.0844. The van der Waals surface area contributed by atoms with Crippen molar-refractivity contribution >= 4 is 11.6 Å². The lowest BCUT2D eigenvalue weighted by Crippen LogP contribution is -2.33. The number of hydrogen-bond donors (Lipinski definition) is 1. The van der Waals surface area contributed by atoms with E-state index in [1.54, 1.807) is 18.2 Å². The van der Waals surface area contributed by atoms with Gasteiger partial charge in [-0.1, -0.05) is 18.2 Å². The predicted octanol–water partition coefficient (Wildman–Crippen LogP) is 4.06. The van der Waals surface area contributed by atoms with E-state index < -0.39 is 0 Å². The van der Waals surface area contributed by atoms with Gasteiger partial charge in [-0.25, -0.2) is 0 Å². The Labute approximate surface area is 167 Å². The highest BCUT2D eigenvalue weighted by Crippen LogP contribution is 2.31. The van der Waals surface area contributed by atoms with Crippen LogP contribution >= 0.6 is 0 Å². The smallest absolute Gasteiger partial charge is 0.251 e. The molecule has 0 fully saturated rings. The van der Waals surface area contributed by atoms with Crippen LogP contribution in [0.5, 0.6) is 11.5 Å². The van der Waals surface area contributed by atoms with Crippen molar-refractivity contribution in [2.75, 3.05) is 31.2 Å². The van der Waals surface area contributed by atoms with Gasteiger partial charge in [0.1, 0.15) is 0 Å². The number of anilines is 1. The molecule has 0 saturated carbocycles. The summed E-state index contributed by atoms with van der Waals surface area (Å²) in [5.74, 6) is 1.20. The molecule has 0 unspecified atom stereocenters. The van der Waals surface area contributed by atoms with E-state index in [-0.39, 0.29) is 5.91 Å². The molecular formula is C23H30N2O3. The predicted molar refractivity (Wildman–Crippen MR) is 113 cm³/mol. The largest absolute Gasteiger partial charge is 0.490 e. The number of hydrogen-bond acceptors (Lipinski definition) is 4. The van der Waals surface area contributed by atoms with Crippen molar-refractivity contribution in [3.05, 3.63) is 53.6 Å². The quantitative estimate of drug-likeness (QED) is 0.665. The molecule has 1 aliphatic heterocycles. The monoisotopic (exact) mass is 382 g/mol. The van der Waals surface area contributed by atoms with Crippen LogP contribution < -0.4 is 19.7 Å². The van der Waals surface area contributed by atoms with E-state index in [1.807, 2.05) is 13.8 Å². The fourth-order valence-electron chi connectivity index (χ4n) is 3.72. The molecule has 0 saturated heterocycles. The lowest BCUT2D eigenvalue weighted by Gasteiger charge is -2.25. The van der Waals surface area contributed by atoms with Gasteiger partial charge in [0.25, 0.3) is 5.91 Å². The standard InChI is InChI=1S/C23H30N2O3/c1-4-27-21-12-11-19(16-22(21)28-5-2)23(26)24-13-8-14-25-17(3)15-18-9-6-7-10-20(18)25/h6-7,9-12,16-17H,4-5,8,13-15H2,1-3H3,(H,24,26)/t17-/m0/s1. The van der Waals surface area contributed by atoms with Gasteiger partial charge in [-0.15, -0.1) is 0 Å². The molecule has 0 aromatic heterocycles. The molecule has 5 nitrogen and oxygen atoms in total. The third-order valence-electron chi connectivity index (χ3n) is 5.02. The molecular weight excluding hydrogens is 352 g/mol. The zero-order valence-corrected chi connectivity index (χ0v) is 17.0. The molecule has 3 rings (SSSR count). The Kier molecular flexibility index (Phi) is 6.80. The number of nitrogens with zero attached hydrogens (tertiary/aromatic N) is 1. The number of carbonyl (C=O) groups excluding carboxylic acids is 1. The maximum Gasteiger partial charge on any atom is 0.251 e. The van der Waals surface area contributed by atoms with Crippen LogP contribution in [-0.2, 0) is 6.42 Å². The molecule has 1 amide bonds. The van der Waals surface area contributed by atoms with E-state index in [0.29, 0.717) is 42.9 Å². The van der Waals surface area contributed by atoms with Crippen LogP contribution in [0.1, 0.15) is 43.1 Å². The Morgan fingerprint density at radius 2 is 1.86 bits per heavy atom. The molecule has 2 aromatic rings. The summed E-state index contributed by atoms with van der Waals surface area (Å²) >= 11 is 0. The van der Waals surface area contributed by atoms with Crippen molar-refractivity contribution in [2.45, 2.75) is 39.7 Å². The molecule has 1 aliphatic rings. The van der Waals surface area contributed by atoms with E-state index in [0.717, 1.165) is 19.4 Å². The Morgan fingerprint density at radius 1 is 1.11 bits per heavy atom. The summed E-state index contributed by atoms with van der Waals surface area (Å²) < 4.78 is 11.2. The Morgan fingerprint density at radius 3 is 2.64 bits per heavy atom. The second kappa shape index (κ2) is 9.49. The molecule has 0 aliphatic carbocycles. The first kappa shape index (κ1) is 20.1. The Hall–Kier alpha value is -2.69. The van der Waals surface area contributed by atoms with E-state index in [4.69, 9.17) is 9.47 Å². The number of carbonyl (C=O) groups is 1. The number of benzene rings is 2. The summed E-state index contributed by atoms with van der Waals surface area (Å²) in [5.41, 5.74) is 3.33. The summed E-state index contributed by atoms with van der Waals surface area (Å²) in [6, 6.07) is 14.4. The van der Waals surface area contributed by atoms with Crippen molar-refractivity contribution in [1.82, 2.24) is 5.32 Å². The zero-order valence-electron chi connectivity index (χ0n) is 17.0. The van der Waals surface area contributed by atoms with Crippen molar-refractivity contribution in [1.29, 1.82) is 0 Å². The van der Waals surface area contributed by atoms with Gasteiger partial charge in [0, 0.05) is 30.4 Å². The second-order valence-corrected chi connectivity index (χ2v) is 7.01. The van der Waals surface area contributed by atoms with Gasteiger partial charge < -0.3 is 19.7 Å². The molecule has 1 heterocycles. The second-order valence-electron chi connectivity index (χ2n) is 7.01. The number of amides is 1. The number of ether oxygens (including phenoxy) is 2. The van der Waals surface area contributed by atoms with Crippen molar-refractivity contribution in [3.8, 4) is 11.5 Å². The van der Waals surface area contributed by atoms with Gasteiger partial charge in [0.2, 0.25) is 0 Å². The Balaban J connectivity index is 1.53. The van der Waals surface area contributed by atoms with Gasteiger partial charge >= 0.3 is 0 Å². The average molecular weight is 383 g/mol. The van der Waals surface area contributed by atoms with Crippen molar-refractivity contribution in [3.63, 3.8) is 0 Å². The Bertz CT molecular complexity index is 806. The highest BCUT2D eigenvalue weighted by molar-refractivity contribution is 5.94. The number of nitrogens with one attached hydrogen (secondary N) is 1. The topological polar surface area (TPSA) is 50.8 Å². The molecule has 1 N–H and O–H groups in total. The van der Waals surface area contributed by atoms with E-state index >= 15 is 0 Å². The van der Waals surface area contributed by atoms with Crippen LogP contribution in [0, 0.1) is 0 Å². The van der Waals surface area contributed by atoms with Crippen molar-refractivity contribution in [2.24, 2.45) is 0 Å². The minimum atomic E-state index is -0.0844. The third kappa shape index (κ3) is 4.58. The van der Waals surface area contributed by atoms with E-state index in [9.17, 15) is 4.79 Å². The summed E-state index contributed by atoms with van der Waals surface area (Å²) in [6.45, 7) is 8.77. The molecule has 2 aromatic carbocycles. The minimum Gasteiger partial charge on any atom is -0.490 e. The average Bonchev–Trinajstić information content (AvgIpc) is 3.02. The summed E-state index contributed by atoms with van der Waals surface area (Å²) in [7, 11) is 0. The first-order chi connectivity index (χ1) is 13.6. The van der Waals surface area contributed by atoms with Crippen LogP contribution in [0.3, 0.4) is 0 Å². The molecule has 0 radical (unpaired) electrons. The highest BCUT2D eigenvalue weighted by Gasteiger charge is 2.24. The van der Waals surface area contributed by atoms with Crippen LogP contribution in [0.25, 0.3) is 0 Å². The summed E-state index contributed by atoms with van der Waals surface area (Å²) in [6.07, 6.45) is 1.99. The van der Waals surface area contributed by atoms with Gasteiger partial charge in [-0.05, 0) is 63.4 Å². The lowest BCUT2D eigenvalue weighted by atomic mass is 10.1. The van der Waals surface area contributed by atoms with E-state index in [2.05, 4.69) is 41.4 Å². The first-order valence-corrected chi connectivity index (χ1v) is 10.2. The normalized spacial score (nSPS) is 15.2. The van der Waals surface area contributed by atoms with Crippen LogP contribution in [0.2, 0.25) is 0 Å². The molecule has 0 bridgehead atoms. The SMILES string of the molecule is CCOc1ccc(C(=O)NCCCN2c3ccccc3C[C@@H]2C)cc1OCC. The first-order valence-electron chi connectivity index (χ1n) is 10.2. The maximum atomic E-state index is 12.5. The maximum absolute atomic E-state index is 12.5. The van der Waals surface area contributed by atoms with Gasteiger partial charge in [0.05, 0.1) is 13.2 Å². The highest BCUT2D eigenvalue weighted by atomic mass is 16.5. The lowest BCUT2D eigenvalue weighted by molar-refractivity contribution is 0.0953. The van der Waals surface area contributed by atoms with Gasteiger partial charge in [-0.3, -0.25) is 4.79 Å². The molecule has 0 spiro atoms. The number of para-hydroxylation sites is 1. The summed E-state index contributed by atoms with van der Waals surface area (Å²) in [5, 5.41) is 3.02. The third-order valence-corrected chi connectivity index (χ3v) is 5.02. The molecule has 1 atom stereocenters. The van der Waals surface area contributed by atoms with Crippen LogP contribution in [0.15, 0.2) is 42.5 Å². The fourth-order valence-corrected chi connectivity index (χ4v) is 3.72. The fraction of sp³-hybridized carbons (Fsp3) is 0.435. The number of fused-ring (bicyclic) bond motifs is 1. The van der Waals surface area contributed by atoms with Gasteiger partial charge in [0.15, 0.2) is 11.5 Å². The van der Waals surface area contributed by atoms with E-state index in [1.165, 1.54) is 11.3 Å². The molecule has 28 heavy (non-hydrogen) atoms. The van der Waals surface area contributed by atoms with Crippen LogP contribution in [-0.4, -0.2) is 38.3 Å². The van der Waals surface area contributed by atoms with Crippen LogP contribution in [0.4, 0.5) is 5.69 Å².